The molecule has 0 spiro atoms. The summed E-state index contributed by atoms with van der Waals surface area (Å²) in [5.74, 6) is 0.346. The first-order valence-electron chi connectivity index (χ1n) is 5.00. The van der Waals surface area contributed by atoms with Crippen molar-refractivity contribution in [1.82, 2.24) is 35.1 Å². The van der Waals surface area contributed by atoms with Crippen molar-refractivity contribution in [3.05, 3.63) is 11.4 Å². The Balaban J connectivity index is 2.21. The van der Waals surface area contributed by atoms with Crippen LogP contribution in [0.1, 0.15) is 17.9 Å². The van der Waals surface area contributed by atoms with Gasteiger partial charge < -0.3 is 5.32 Å². The van der Waals surface area contributed by atoms with Crippen molar-refractivity contribution in [2.24, 2.45) is 7.05 Å². The number of fused-ring (bicyclic) bond motifs is 1. The zero-order valence-electron chi connectivity index (χ0n) is 8.93. The summed E-state index contributed by atoms with van der Waals surface area (Å²) in [7, 11) is 1.59. The van der Waals surface area contributed by atoms with E-state index in [0.717, 1.165) is 4.57 Å². The highest BCUT2D eigenvalue weighted by Crippen LogP contribution is 2.28. The van der Waals surface area contributed by atoms with Gasteiger partial charge >= 0.3 is 6.55 Å². The van der Waals surface area contributed by atoms with Crippen molar-refractivity contribution < 1.29 is 8.78 Å². The molecule has 9 heteroatoms. The van der Waals surface area contributed by atoms with Crippen LogP contribution < -0.4 is 5.32 Å². The average molecular weight is 241 g/mol. The van der Waals surface area contributed by atoms with Gasteiger partial charge in [0.2, 0.25) is 5.82 Å². The summed E-state index contributed by atoms with van der Waals surface area (Å²) in [6.45, 7) is -1.77. The molecule has 1 N–H and O–H groups in total. The second-order valence-corrected chi connectivity index (χ2v) is 3.71. The lowest BCUT2D eigenvalue weighted by Crippen LogP contribution is -2.11. The molecule has 0 radical (unpaired) electrons. The Bertz CT molecular complexity index is 558. The third-order valence-corrected chi connectivity index (χ3v) is 2.69. The molecule has 0 saturated carbocycles. The highest BCUT2D eigenvalue weighted by Gasteiger charge is 2.28. The van der Waals surface area contributed by atoms with Gasteiger partial charge in [0.15, 0.2) is 5.82 Å². The topological polar surface area (TPSA) is 73.5 Å². The van der Waals surface area contributed by atoms with Gasteiger partial charge in [0.05, 0.1) is 11.4 Å². The van der Waals surface area contributed by atoms with Gasteiger partial charge in [-0.05, 0) is 10.4 Å². The maximum atomic E-state index is 13.1. The van der Waals surface area contributed by atoms with Crippen LogP contribution in [-0.4, -0.2) is 29.8 Å². The van der Waals surface area contributed by atoms with Gasteiger partial charge in [-0.3, -0.25) is 4.57 Å². The standard InChI is InChI=1S/C8H9F2N7/c1-16-7(13-14-15-16)6-12-4-2-11-3-5(4)17(6)8(9)10/h8,11H,2-3H2,1H3. The number of alkyl halides is 2. The van der Waals surface area contributed by atoms with Gasteiger partial charge in [-0.1, -0.05) is 0 Å². The molecule has 0 saturated heterocycles. The molecule has 17 heavy (non-hydrogen) atoms. The molecule has 3 rings (SSSR count). The van der Waals surface area contributed by atoms with Gasteiger partial charge in [-0.25, -0.2) is 9.67 Å². The van der Waals surface area contributed by atoms with E-state index in [1.165, 1.54) is 4.68 Å². The third-order valence-electron chi connectivity index (χ3n) is 2.69. The van der Waals surface area contributed by atoms with Crippen molar-refractivity contribution in [2.75, 3.05) is 0 Å². The monoisotopic (exact) mass is 241 g/mol. The molecule has 0 unspecified atom stereocenters. The van der Waals surface area contributed by atoms with Gasteiger partial charge in [-0.2, -0.15) is 8.78 Å². The number of aromatic nitrogens is 6. The summed E-state index contributed by atoms with van der Waals surface area (Å²) < 4.78 is 28.3. The molecule has 7 nitrogen and oxygen atoms in total. The number of hydrogen-bond acceptors (Lipinski definition) is 5. The van der Waals surface area contributed by atoms with Crippen LogP contribution in [0.5, 0.6) is 0 Å². The van der Waals surface area contributed by atoms with Crippen LogP contribution in [0.15, 0.2) is 0 Å². The van der Waals surface area contributed by atoms with Gasteiger partial charge in [0.25, 0.3) is 0 Å². The number of nitrogens with one attached hydrogen (secondary N) is 1. The van der Waals surface area contributed by atoms with Crippen molar-refractivity contribution >= 4 is 0 Å². The minimum atomic E-state index is -2.65. The minimum absolute atomic E-state index is 0.110. The van der Waals surface area contributed by atoms with E-state index in [-0.39, 0.29) is 11.6 Å². The Morgan fingerprint density at radius 1 is 1.29 bits per heavy atom. The molecular weight excluding hydrogens is 232 g/mol. The van der Waals surface area contributed by atoms with Crippen LogP contribution in [0.25, 0.3) is 11.6 Å². The lowest BCUT2D eigenvalue weighted by molar-refractivity contribution is 0.0689. The summed E-state index contributed by atoms with van der Waals surface area (Å²) in [6.07, 6.45) is 0. The summed E-state index contributed by atoms with van der Waals surface area (Å²) >= 11 is 0. The molecule has 0 aromatic carbocycles. The Morgan fingerprint density at radius 2 is 2.12 bits per heavy atom. The van der Waals surface area contributed by atoms with E-state index in [1.807, 2.05) is 0 Å². The van der Waals surface area contributed by atoms with E-state index in [4.69, 9.17) is 0 Å². The third kappa shape index (κ3) is 1.42. The number of nitrogens with zero attached hydrogens (tertiary/aromatic N) is 6. The van der Waals surface area contributed by atoms with E-state index in [2.05, 4.69) is 25.8 Å². The maximum Gasteiger partial charge on any atom is 0.320 e. The van der Waals surface area contributed by atoms with E-state index in [0.29, 0.717) is 24.5 Å². The predicted molar refractivity (Wildman–Crippen MR) is 51.8 cm³/mol. The predicted octanol–water partition coefficient (Wildman–Crippen LogP) is 0.0719. The summed E-state index contributed by atoms with van der Waals surface area (Å²) in [4.78, 5) is 4.17. The number of tetrazole rings is 1. The highest BCUT2D eigenvalue weighted by molar-refractivity contribution is 5.47. The number of hydrogen-bond donors (Lipinski definition) is 1. The van der Waals surface area contributed by atoms with E-state index in [1.54, 1.807) is 7.05 Å². The molecule has 3 heterocycles. The Morgan fingerprint density at radius 3 is 2.76 bits per heavy atom. The smallest absolute Gasteiger partial charge is 0.305 e. The number of aryl methyl sites for hydroxylation is 1. The molecular formula is C8H9F2N7. The minimum Gasteiger partial charge on any atom is -0.305 e. The molecule has 0 bridgehead atoms. The van der Waals surface area contributed by atoms with Gasteiger partial charge in [-0.15, -0.1) is 5.10 Å². The first-order valence-corrected chi connectivity index (χ1v) is 5.00. The van der Waals surface area contributed by atoms with Crippen LogP contribution in [-0.2, 0) is 20.1 Å². The second kappa shape index (κ2) is 3.55. The lowest BCUT2D eigenvalue weighted by atomic mass is 10.4. The molecule has 0 amide bonds. The SMILES string of the molecule is Cn1nnnc1-c1nc2c(n1C(F)F)CNC2. The van der Waals surface area contributed by atoms with Crippen LogP contribution in [0.3, 0.4) is 0 Å². The largest absolute Gasteiger partial charge is 0.320 e. The molecule has 0 atom stereocenters. The Hall–Kier alpha value is -1.90. The fourth-order valence-electron chi connectivity index (χ4n) is 1.93. The van der Waals surface area contributed by atoms with E-state index >= 15 is 0 Å². The lowest BCUT2D eigenvalue weighted by Gasteiger charge is -2.08. The summed E-state index contributed by atoms with van der Waals surface area (Å²) in [5.41, 5.74) is 1.13. The van der Waals surface area contributed by atoms with Crippen molar-refractivity contribution in [1.29, 1.82) is 0 Å². The van der Waals surface area contributed by atoms with E-state index < -0.39 is 6.55 Å². The van der Waals surface area contributed by atoms with Crippen LogP contribution in [0.4, 0.5) is 8.78 Å². The quantitative estimate of drug-likeness (QED) is 0.805. The highest BCUT2D eigenvalue weighted by atomic mass is 19.3. The van der Waals surface area contributed by atoms with Crippen molar-refractivity contribution in [3.63, 3.8) is 0 Å². The Labute approximate surface area is 94.4 Å². The molecule has 90 valence electrons. The van der Waals surface area contributed by atoms with Crippen LogP contribution >= 0.6 is 0 Å². The normalized spacial score (nSPS) is 14.6. The van der Waals surface area contributed by atoms with Gasteiger partial charge in [0, 0.05) is 20.1 Å². The van der Waals surface area contributed by atoms with Crippen molar-refractivity contribution in [2.45, 2.75) is 19.6 Å². The Kier molecular flexibility index (Phi) is 2.15. The number of rotatable bonds is 2. The molecule has 2 aromatic heterocycles. The molecule has 1 aliphatic rings. The maximum absolute atomic E-state index is 13.1. The molecule has 0 fully saturated rings. The fraction of sp³-hybridized carbons (Fsp3) is 0.500. The van der Waals surface area contributed by atoms with E-state index in [9.17, 15) is 8.78 Å². The van der Waals surface area contributed by atoms with Crippen LogP contribution in [0, 0.1) is 0 Å². The van der Waals surface area contributed by atoms with Gasteiger partial charge in [0.1, 0.15) is 0 Å². The molecule has 0 aliphatic carbocycles. The second-order valence-electron chi connectivity index (χ2n) is 3.71. The number of imidazole rings is 1. The zero-order chi connectivity index (χ0) is 12.0. The first-order chi connectivity index (χ1) is 8.18. The fourth-order valence-corrected chi connectivity index (χ4v) is 1.93. The van der Waals surface area contributed by atoms with Crippen molar-refractivity contribution in [3.8, 4) is 11.6 Å². The number of halogens is 2. The first kappa shape index (κ1) is 10.3. The summed E-state index contributed by atoms with van der Waals surface area (Å²) in [5, 5.41) is 13.7. The van der Waals surface area contributed by atoms with Crippen LogP contribution in [0.2, 0.25) is 0 Å². The molecule has 2 aromatic rings. The average Bonchev–Trinajstić information content (AvgIpc) is 2.89. The zero-order valence-corrected chi connectivity index (χ0v) is 8.93. The summed E-state index contributed by atoms with van der Waals surface area (Å²) in [6, 6.07) is 0. The molecule has 1 aliphatic heterocycles.